The summed E-state index contributed by atoms with van der Waals surface area (Å²) in [5.74, 6) is 1.05. The van der Waals surface area contributed by atoms with Crippen molar-refractivity contribution in [1.82, 2.24) is 9.97 Å². The van der Waals surface area contributed by atoms with Crippen LogP contribution in [0.5, 0.6) is 5.75 Å². The van der Waals surface area contributed by atoms with Gasteiger partial charge < -0.3 is 15.4 Å². The van der Waals surface area contributed by atoms with Gasteiger partial charge in [-0.1, -0.05) is 19.4 Å². The molecular formula is C16H20N4O2. The van der Waals surface area contributed by atoms with Gasteiger partial charge in [-0.3, -0.25) is 4.79 Å². The van der Waals surface area contributed by atoms with Gasteiger partial charge in [0.1, 0.15) is 17.3 Å². The number of benzene rings is 1. The molecule has 0 bridgehead atoms. The summed E-state index contributed by atoms with van der Waals surface area (Å²) in [6, 6.07) is 7.15. The van der Waals surface area contributed by atoms with Gasteiger partial charge in [0.15, 0.2) is 0 Å². The van der Waals surface area contributed by atoms with Gasteiger partial charge in [0.05, 0.1) is 19.5 Å². The lowest BCUT2D eigenvalue weighted by Crippen LogP contribution is -2.14. The van der Waals surface area contributed by atoms with Crippen molar-refractivity contribution in [3.05, 3.63) is 42.4 Å². The molecule has 0 saturated heterocycles. The number of methoxy groups -OCH3 is 1. The Balaban J connectivity index is 1.97. The van der Waals surface area contributed by atoms with Crippen molar-refractivity contribution in [3.63, 3.8) is 0 Å². The first-order valence-electron chi connectivity index (χ1n) is 7.24. The van der Waals surface area contributed by atoms with Gasteiger partial charge in [-0.15, -0.1) is 0 Å². The molecule has 0 atom stereocenters. The van der Waals surface area contributed by atoms with Gasteiger partial charge in [-0.2, -0.15) is 0 Å². The fraction of sp³-hybridized carbons (Fsp3) is 0.312. The molecule has 2 aromatic rings. The van der Waals surface area contributed by atoms with Crippen molar-refractivity contribution < 1.29 is 9.53 Å². The number of nitrogens with zero attached hydrogens (tertiary/aromatic N) is 2. The zero-order valence-electron chi connectivity index (χ0n) is 12.8. The maximum absolute atomic E-state index is 12.1. The number of unbranched alkanes of at least 4 members (excludes halogenated alkanes) is 1. The summed E-state index contributed by atoms with van der Waals surface area (Å²) in [4.78, 5) is 20.4. The van der Waals surface area contributed by atoms with E-state index in [1.54, 1.807) is 31.5 Å². The van der Waals surface area contributed by atoms with Crippen LogP contribution in [0.4, 0.5) is 11.5 Å². The number of hydrogen-bond acceptors (Lipinski definition) is 5. The third-order valence-electron chi connectivity index (χ3n) is 3.05. The number of amides is 1. The maximum Gasteiger partial charge on any atom is 0.275 e. The Bertz CT molecular complexity index is 614. The topological polar surface area (TPSA) is 76.1 Å². The van der Waals surface area contributed by atoms with Crippen molar-refractivity contribution in [3.8, 4) is 5.75 Å². The molecule has 1 aromatic heterocycles. The van der Waals surface area contributed by atoms with Crippen molar-refractivity contribution in [2.24, 2.45) is 0 Å². The SMILES string of the molecule is CCCCNc1cnc(C(=O)Nc2cccc(OC)c2)cn1. The van der Waals surface area contributed by atoms with E-state index in [0.717, 1.165) is 19.4 Å². The molecule has 0 unspecified atom stereocenters. The van der Waals surface area contributed by atoms with E-state index in [1.807, 2.05) is 6.07 Å². The summed E-state index contributed by atoms with van der Waals surface area (Å²) in [5, 5.41) is 5.92. The molecule has 6 nitrogen and oxygen atoms in total. The number of rotatable bonds is 7. The minimum Gasteiger partial charge on any atom is -0.497 e. The molecule has 1 amide bonds. The Kier molecular flexibility index (Phi) is 5.71. The summed E-state index contributed by atoms with van der Waals surface area (Å²) < 4.78 is 5.12. The highest BCUT2D eigenvalue weighted by Gasteiger charge is 2.09. The molecule has 0 spiro atoms. The summed E-state index contributed by atoms with van der Waals surface area (Å²) in [7, 11) is 1.58. The first-order chi connectivity index (χ1) is 10.7. The molecule has 0 saturated carbocycles. The van der Waals surface area contributed by atoms with E-state index < -0.39 is 0 Å². The first-order valence-corrected chi connectivity index (χ1v) is 7.24. The minimum atomic E-state index is -0.305. The van der Waals surface area contributed by atoms with Crippen LogP contribution in [0.15, 0.2) is 36.7 Å². The van der Waals surface area contributed by atoms with E-state index in [2.05, 4.69) is 27.5 Å². The van der Waals surface area contributed by atoms with E-state index in [0.29, 0.717) is 17.3 Å². The highest BCUT2D eigenvalue weighted by Crippen LogP contribution is 2.17. The average Bonchev–Trinajstić information content (AvgIpc) is 2.56. The lowest BCUT2D eigenvalue weighted by molar-refractivity contribution is 0.102. The second-order valence-corrected chi connectivity index (χ2v) is 4.75. The Hall–Kier alpha value is -2.63. The molecule has 1 heterocycles. The standard InChI is InChI=1S/C16H20N4O2/c1-3-4-8-17-15-11-18-14(10-19-15)16(21)20-12-6-5-7-13(9-12)22-2/h5-7,9-11H,3-4,8H2,1-2H3,(H,17,19)(H,20,21). The Labute approximate surface area is 129 Å². The number of carbonyl (C=O) groups is 1. The fourth-order valence-electron chi connectivity index (χ4n) is 1.83. The number of aromatic nitrogens is 2. The molecule has 116 valence electrons. The predicted octanol–water partition coefficient (Wildman–Crippen LogP) is 2.95. The van der Waals surface area contributed by atoms with Crippen molar-refractivity contribution in [2.45, 2.75) is 19.8 Å². The van der Waals surface area contributed by atoms with Crippen LogP contribution in [0.2, 0.25) is 0 Å². The number of nitrogens with one attached hydrogen (secondary N) is 2. The molecule has 0 aliphatic carbocycles. The van der Waals surface area contributed by atoms with Gasteiger partial charge in [0, 0.05) is 18.3 Å². The third kappa shape index (κ3) is 4.44. The normalized spacial score (nSPS) is 10.1. The quantitative estimate of drug-likeness (QED) is 0.769. The van der Waals surface area contributed by atoms with E-state index >= 15 is 0 Å². The monoisotopic (exact) mass is 300 g/mol. The van der Waals surface area contributed by atoms with Crippen LogP contribution in [0, 0.1) is 0 Å². The first kappa shape index (κ1) is 15.8. The summed E-state index contributed by atoms with van der Waals surface area (Å²) in [6.07, 6.45) is 5.21. The average molecular weight is 300 g/mol. The lowest BCUT2D eigenvalue weighted by atomic mass is 10.3. The van der Waals surface area contributed by atoms with Crippen LogP contribution in [0.3, 0.4) is 0 Å². The van der Waals surface area contributed by atoms with Gasteiger partial charge in [-0.05, 0) is 18.6 Å². The molecule has 0 fully saturated rings. The molecule has 0 aliphatic heterocycles. The smallest absolute Gasteiger partial charge is 0.275 e. The number of ether oxygens (including phenoxy) is 1. The van der Waals surface area contributed by atoms with Crippen LogP contribution in [0.25, 0.3) is 0 Å². The molecule has 0 aliphatic rings. The van der Waals surface area contributed by atoms with Crippen LogP contribution in [-0.4, -0.2) is 29.5 Å². The second-order valence-electron chi connectivity index (χ2n) is 4.75. The summed E-state index contributed by atoms with van der Waals surface area (Å²) in [5.41, 5.74) is 0.917. The molecule has 22 heavy (non-hydrogen) atoms. The second kappa shape index (κ2) is 7.97. The molecular weight excluding hydrogens is 280 g/mol. The molecule has 2 N–H and O–H groups in total. The Morgan fingerprint density at radius 2 is 2.14 bits per heavy atom. The van der Waals surface area contributed by atoms with Crippen molar-refractivity contribution >= 4 is 17.4 Å². The number of carbonyl (C=O) groups excluding carboxylic acids is 1. The van der Waals surface area contributed by atoms with Gasteiger partial charge in [-0.25, -0.2) is 9.97 Å². The summed E-state index contributed by atoms with van der Waals surface area (Å²) in [6.45, 7) is 2.97. The number of anilines is 2. The van der Waals surface area contributed by atoms with Gasteiger partial charge in [0.25, 0.3) is 5.91 Å². The zero-order chi connectivity index (χ0) is 15.8. The lowest BCUT2D eigenvalue weighted by Gasteiger charge is -2.07. The van der Waals surface area contributed by atoms with E-state index in [9.17, 15) is 4.79 Å². The van der Waals surface area contributed by atoms with Crippen molar-refractivity contribution in [1.29, 1.82) is 0 Å². The van der Waals surface area contributed by atoms with Crippen LogP contribution in [0.1, 0.15) is 30.3 Å². The minimum absolute atomic E-state index is 0.267. The predicted molar refractivity (Wildman–Crippen MR) is 86.4 cm³/mol. The maximum atomic E-state index is 12.1. The largest absolute Gasteiger partial charge is 0.497 e. The Morgan fingerprint density at radius 3 is 2.82 bits per heavy atom. The third-order valence-corrected chi connectivity index (χ3v) is 3.05. The molecule has 2 rings (SSSR count). The van der Waals surface area contributed by atoms with Crippen LogP contribution >= 0.6 is 0 Å². The van der Waals surface area contributed by atoms with E-state index in [-0.39, 0.29) is 11.6 Å². The summed E-state index contributed by atoms with van der Waals surface area (Å²) >= 11 is 0. The van der Waals surface area contributed by atoms with E-state index in [4.69, 9.17) is 4.74 Å². The van der Waals surface area contributed by atoms with Gasteiger partial charge >= 0.3 is 0 Å². The van der Waals surface area contributed by atoms with Crippen LogP contribution < -0.4 is 15.4 Å². The fourth-order valence-corrected chi connectivity index (χ4v) is 1.83. The zero-order valence-corrected chi connectivity index (χ0v) is 12.8. The van der Waals surface area contributed by atoms with Gasteiger partial charge in [0.2, 0.25) is 0 Å². The molecule has 6 heteroatoms. The molecule has 1 aromatic carbocycles. The van der Waals surface area contributed by atoms with E-state index in [1.165, 1.54) is 6.20 Å². The number of hydrogen-bond donors (Lipinski definition) is 2. The Morgan fingerprint density at radius 1 is 1.27 bits per heavy atom. The highest BCUT2D eigenvalue weighted by atomic mass is 16.5. The molecule has 0 radical (unpaired) electrons. The van der Waals surface area contributed by atoms with Crippen LogP contribution in [-0.2, 0) is 0 Å². The highest BCUT2D eigenvalue weighted by molar-refractivity contribution is 6.02. The van der Waals surface area contributed by atoms with Crippen molar-refractivity contribution in [2.75, 3.05) is 24.3 Å².